The number of fused-ring (bicyclic) bond motifs is 1. The molecule has 4 nitrogen and oxygen atoms in total. The zero-order valence-corrected chi connectivity index (χ0v) is 16.1. The molecule has 4 rings (SSSR count). The third kappa shape index (κ3) is 4.70. The van der Waals surface area contributed by atoms with E-state index in [2.05, 4.69) is 22.3 Å². The Bertz CT molecular complexity index is 766. The number of hydrogen-bond donors (Lipinski definition) is 1. The molecule has 0 saturated carbocycles. The van der Waals surface area contributed by atoms with Gasteiger partial charge in [0.1, 0.15) is 0 Å². The molecule has 2 heterocycles. The summed E-state index contributed by atoms with van der Waals surface area (Å²) >= 11 is 5.98. The summed E-state index contributed by atoms with van der Waals surface area (Å²) in [5.41, 5.74) is 2.36. The van der Waals surface area contributed by atoms with E-state index in [1.807, 2.05) is 42.5 Å². The summed E-state index contributed by atoms with van der Waals surface area (Å²) in [6.45, 7) is 2.47. The number of rotatable bonds is 5. The molecule has 1 amide bonds. The number of nitrogens with one attached hydrogen (secondary N) is 1. The van der Waals surface area contributed by atoms with Gasteiger partial charge < -0.3 is 10.1 Å². The maximum absolute atomic E-state index is 12.3. The molecular weight excluding hydrogens is 360 g/mol. The lowest BCUT2D eigenvalue weighted by Crippen LogP contribution is -2.43. The van der Waals surface area contributed by atoms with E-state index < -0.39 is 0 Å². The fourth-order valence-corrected chi connectivity index (χ4v) is 4.19. The molecule has 0 aliphatic carbocycles. The molecule has 0 bridgehead atoms. The molecule has 2 saturated heterocycles. The number of aryl methyl sites for hydroxylation is 1. The van der Waals surface area contributed by atoms with Gasteiger partial charge in [-0.25, -0.2) is 0 Å². The molecule has 0 radical (unpaired) electrons. The number of ether oxygens (including phenoxy) is 1. The van der Waals surface area contributed by atoms with Crippen molar-refractivity contribution < 1.29 is 9.53 Å². The van der Waals surface area contributed by atoms with Crippen LogP contribution in [0, 0.1) is 0 Å². The Balaban J connectivity index is 1.27. The van der Waals surface area contributed by atoms with Crippen LogP contribution < -0.4 is 5.32 Å². The number of amides is 1. The molecule has 2 aliphatic rings. The minimum atomic E-state index is 0.0750. The lowest BCUT2D eigenvalue weighted by atomic mass is 10.1. The van der Waals surface area contributed by atoms with Gasteiger partial charge in [-0.3, -0.25) is 9.69 Å². The van der Waals surface area contributed by atoms with Crippen LogP contribution in [-0.4, -0.2) is 42.6 Å². The Hall–Kier alpha value is -1.88. The first-order valence-electron chi connectivity index (χ1n) is 9.62. The minimum absolute atomic E-state index is 0.0750. The summed E-state index contributed by atoms with van der Waals surface area (Å²) in [4.78, 5) is 14.8. The number of halogens is 1. The molecule has 0 spiro atoms. The van der Waals surface area contributed by atoms with Crippen LogP contribution in [0.4, 0.5) is 0 Å². The van der Waals surface area contributed by atoms with Crippen molar-refractivity contribution in [3.63, 3.8) is 0 Å². The molecule has 2 fully saturated rings. The van der Waals surface area contributed by atoms with E-state index in [1.165, 1.54) is 5.56 Å². The lowest BCUT2D eigenvalue weighted by molar-refractivity contribution is -0.121. The van der Waals surface area contributed by atoms with Gasteiger partial charge in [-0.1, -0.05) is 54.1 Å². The molecule has 0 unspecified atom stereocenters. The second-order valence-corrected chi connectivity index (χ2v) is 7.90. The Morgan fingerprint density at radius 3 is 2.67 bits per heavy atom. The first-order valence-corrected chi connectivity index (χ1v) is 9.99. The highest BCUT2D eigenvalue weighted by atomic mass is 35.5. The maximum Gasteiger partial charge on any atom is 0.220 e. The molecule has 5 heteroatoms. The molecule has 1 N–H and O–H groups in total. The average Bonchev–Trinajstić information content (AvgIpc) is 3.09. The van der Waals surface area contributed by atoms with Gasteiger partial charge >= 0.3 is 0 Å². The SMILES string of the molecule is O=C(CCc1ccccc1)N[C@H]1C[C@H]2CO[C@@H](c3ccc(Cl)cc3)CN2C1. The number of carbonyl (C=O) groups excluding carboxylic acids is 1. The maximum atomic E-state index is 12.3. The first-order chi connectivity index (χ1) is 13.2. The predicted molar refractivity (Wildman–Crippen MR) is 107 cm³/mol. The number of carbonyl (C=O) groups is 1. The van der Waals surface area contributed by atoms with Gasteiger partial charge in [0, 0.05) is 36.6 Å². The van der Waals surface area contributed by atoms with Gasteiger partial charge in [-0.2, -0.15) is 0 Å². The van der Waals surface area contributed by atoms with Crippen molar-refractivity contribution in [1.29, 1.82) is 0 Å². The van der Waals surface area contributed by atoms with E-state index >= 15 is 0 Å². The average molecular weight is 385 g/mol. The summed E-state index contributed by atoms with van der Waals surface area (Å²) in [6.07, 6.45) is 2.36. The Kier molecular flexibility index (Phi) is 5.77. The summed E-state index contributed by atoms with van der Waals surface area (Å²) in [5.74, 6) is 0.138. The van der Waals surface area contributed by atoms with Crippen LogP contribution in [0.25, 0.3) is 0 Å². The van der Waals surface area contributed by atoms with Crippen LogP contribution in [0.2, 0.25) is 5.02 Å². The molecule has 27 heavy (non-hydrogen) atoms. The Morgan fingerprint density at radius 1 is 1.11 bits per heavy atom. The predicted octanol–water partition coefficient (Wildman–Crippen LogP) is 3.60. The van der Waals surface area contributed by atoms with Crippen molar-refractivity contribution in [2.75, 3.05) is 19.7 Å². The van der Waals surface area contributed by atoms with Crippen molar-refractivity contribution in [3.8, 4) is 0 Å². The van der Waals surface area contributed by atoms with Crippen molar-refractivity contribution in [3.05, 3.63) is 70.7 Å². The number of benzene rings is 2. The van der Waals surface area contributed by atoms with Crippen LogP contribution in [0.1, 0.15) is 30.1 Å². The zero-order valence-electron chi connectivity index (χ0n) is 15.3. The van der Waals surface area contributed by atoms with E-state index in [0.717, 1.165) is 36.5 Å². The van der Waals surface area contributed by atoms with E-state index in [4.69, 9.17) is 16.3 Å². The monoisotopic (exact) mass is 384 g/mol. The van der Waals surface area contributed by atoms with Crippen molar-refractivity contribution in [2.45, 2.75) is 37.5 Å². The van der Waals surface area contributed by atoms with Gasteiger partial charge in [-0.15, -0.1) is 0 Å². The van der Waals surface area contributed by atoms with Gasteiger partial charge in [-0.05, 0) is 36.1 Å². The van der Waals surface area contributed by atoms with Crippen LogP contribution in [0.3, 0.4) is 0 Å². The standard InChI is InChI=1S/C22H25ClN2O2/c23-18-9-7-17(8-10-18)21-14-25-13-19(12-20(25)15-27-21)24-22(26)11-6-16-4-2-1-3-5-16/h1-5,7-10,19-21H,6,11-15H2,(H,24,26)/t19-,20-,21+/m0/s1. The third-order valence-electron chi connectivity index (χ3n) is 5.51. The second kappa shape index (κ2) is 8.42. The highest BCUT2D eigenvalue weighted by Gasteiger charge is 2.38. The molecular formula is C22H25ClN2O2. The zero-order chi connectivity index (χ0) is 18.6. The number of nitrogens with zero attached hydrogens (tertiary/aromatic N) is 1. The number of hydrogen-bond acceptors (Lipinski definition) is 3. The van der Waals surface area contributed by atoms with Crippen LogP contribution in [0.15, 0.2) is 54.6 Å². The molecule has 2 aromatic carbocycles. The summed E-state index contributed by atoms with van der Waals surface area (Å²) in [7, 11) is 0. The second-order valence-electron chi connectivity index (χ2n) is 7.47. The van der Waals surface area contributed by atoms with Crippen LogP contribution >= 0.6 is 11.6 Å². The summed E-state index contributed by atoms with van der Waals surface area (Å²) in [5, 5.41) is 3.96. The lowest BCUT2D eigenvalue weighted by Gasteiger charge is -2.35. The highest BCUT2D eigenvalue weighted by molar-refractivity contribution is 6.30. The Labute approximate surface area is 165 Å². The van der Waals surface area contributed by atoms with E-state index in [-0.39, 0.29) is 18.1 Å². The van der Waals surface area contributed by atoms with Crippen molar-refractivity contribution in [2.24, 2.45) is 0 Å². The fraction of sp³-hybridized carbons (Fsp3) is 0.409. The van der Waals surface area contributed by atoms with Gasteiger partial charge in [0.2, 0.25) is 5.91 Å². The van der Waals surface area contributed by atoms with Gasteiger partial charge in [0.05, 0.1) is 12.7 Å². The normalized spacial score (nSPS) is 25.1. The van der Waals surface area contributed by atoms with E-state index in [9.17, 15) is 4.79 Å². The molecule has 3 atom stereocenters. The summed E-state index contributed by atoms with van der Waals surface area (Å²) < 4.78 is 6.08. The largest absolute Gasteiger partial charge is 0.371 e. The quantitative estimate of drug-likeness (QED) is 0.856. The van der Waals surface area contributed by atoms with Gasteiger partial charge in [0.25, 0.3) is 0 Å². The highest BCUT2D eigenvalue weighted by Crippen LogP contribution is 2.30. The van der Waals surface area contributed by atoms with Gasteiger partial charge in [0.15, 0.2) is 0 Å². The smallest absolute Gasteiger partial charge is 0.220 e. The van der Waals surface area contributed by atoms with E-state index in [1.54, 1.807) is 0 Å². The molecule has 0 aromatic heterocycles. The van der Waals surface area contributed by atoms with E-state index in [0.29, 0.717) is 19.1 Å². The topological polar surface area (TPSA) is 41.6 Å². The fourth-order valence-electron chi connectivity index (χ4n) is 4.06. The van der Waals surface area contributed by atoms with Crippen molar-refractivity contribution >= 4 is 17.5 Å². The third-order valence-corrected chi connectivity index (χ3v) is 5.76. The Morgan fingerprint density at radius 2 is 1.89 bits per heavy atom. The molecule has 2 aromatic rings. The molecule has 142 valence electrons. The number of morpholine rings is 1. The van der Waals surface area contributed by atoms with Crippen LogP contribution in [-0.2, 0) is 16.0 Å². The first kappa shape index (κ1) is 18.5. The summed E-state index contributed by atoms with van der Waals surface area (Å²) in [6, 6.07) is 18.7. The van der Waals surface area contributed by atoms with Crippen molar-refractivity contribution in [1.82, 2.24) is 10.2 Å². The van der Waals surface area contributed by atoms with Crippen LogP contribution in [0.5, 0.6) is 0 Å². The molecule has 2 aliphatic heterocycles. The minimum Gasteiger partial charge on any atom is -0.371 e.